The van der Waals surface area contributed by atoms with Gasteiger partial charge in [0.25, 0.3) is 5.91 Å². The summed E-state index contributed by atoms with van der Waals surface area (Å²) in [7, 11) is 0. The second-order valence-electron chi connectivity index (χ2n) is 4.46. The van der Waals surface area contributed by atoms with E-state index in [1.54, 1.807) is 6.07 Å². The fraction of sp³-hybridized carbons (Fsp3) is 0.500. The van der Waals surface area contributed by atoms with Crippen LogP contribution >= 0.6 is 23.2 Å². The molecule has 0 aliphatic heterocycles. The van der Waals surface area contributed by atoms with Gasteiger partial charge in [0.1, 0.15) is 5.75 Å². The Kier molecular flexibility index (Phi) is 6.46. The third kappa shape index (κ3) is 4.59. The number of hydrogen-bond donors (Lipinski definition) is 2. The number of hydrogen-bond acceptors (Lipinski definition) is 2. The van der Waals surface area contributed by atoms with Crippen LogP contribution in [0.3, 0.4) is 0 Å². The monoisotopic (exact) mass is 303 g/mol. The van der Waals surface area contributed by atoms with Gasteiger partial charge in [-0.15, -0.1) is 11.6 Å². The minimum atomic E-state index is -0.342. The maximum Gasteiger partial charge on any atom is 0.255 e. The van der Waals surface area contributed by atoms with Crippen LogP contribution in [0, 0.1) is 5.92 Å². The standard InChI is InChI=1S/C14H19Cl2NO2/c1-3-9(4-2)12(16)8-17-14(19)11-6-5-10(15)7-13(11)18/h5-7,9,12,18H,3-4,8H2,1-2H3,(H,17,19). The van der Waals surface area contributed by atoms with Crippen LogP contribution in [0.1, 0.15) is 37.0 Å². The number of phenols is 1. The summed E-state index contributed by atoms with van der Waals surface area (Å²) in [6, 6.07) is 4.40. The molecule has 1 atom stereocenters. The fourth-order valence-electron chi connectivity index (χ4n) is 1.95. The average molecular weight is 304 g/mol. The molecule has 0 saturated carbocycles. The Morgan fingerprint density at radius 2 is 2.00 bits per heavy atom. The van der Waals surface area contributed by atoms with E-state index in [0.29, 0.717) is 17.5 Å². The number of halogens is 2. The molecule has 3 nitrogen and oxygen atoms in total. The van der Waals surface area contributed by atoms with Gasteiger partial charge in [-0.1, -0.05) is 38.3 Å². The van der Waals surface area contributed by atoms with Crippen molar-refractivity contribution >= 4 is 29.1 Å². The van der Waals surface area contributed by atoms with E-state index in [-0.39, 0.29) is 22.6 Å². The van der Waals surface area contributed by atoms with Crippen molar-refractivity contribution in [3.8, 4) is 5.75 Å². The zero-order valence-electron chi connectivity index (χ0n) is 11.1. The van der Waals surface area contributed by atoms with E-state index in [9.17, 15) is 9.90 Å². The van der Waals surface area contributed by atoms with Gasteiger partial charge in [0.05, 0.1) is 10.9 Å². The van der Waals surface area contributed by atoms with Crippen molar-refractivity contribution in [1.29, 1.82) is 0 Å². The lowest BCUT2D eigenvalue weighted by Gasteiger charge is -2.19. The Balaban J connectivity index is 2.60. The molecule has 0 spiro atoms. The van der Waals surface area contributed by atoms with Crippen molar-refractivity contribution in [2.45, 2.75) is 32.1 Å². The average Bonchev–Trinajstić information content (AvgIpc) is 2.37. The molecular formula is C14H19Cl2NO2. The Morgan fingerprint density at radius 1 is 1.37 bits per heavy atom. The number of aromatic hydroxyl groups is 1. The molecule has 1 amide bonds. The van der Waals surface area contributed by atoms with Crippen LogP contribution in [0.4, 0.5) is 0 Å². The summed E-state index contributed by atoms with van der Waals surface area (Å²) in [5.74, 6) is -0.0924. The summed E-state index contributed by atoms with van der Waals surface area (Å²) in [4.78, 5) is 11.9. The molecule has 0 fully saturated rings. The molecule has 0 aliphatic carbocycles. The maximum absolute atomic E-state index is 11.9. The highest BCUT2D eigenvalue weighted by Gasteiger charge is 2.18. The highest BCUT2D eigenvalue weighted by molar-refractivity contribution is 6.30. The van der Waals surface area contributed by atoms with Crippen LogP contribution in [0.25, 0.3) is 0 Å². The van der Waals surface area contributed by atoms with Gasteiger partial charge in [0, 0.05) is 11.6 Å². The summed E-state index contributed by atoms with van der Waals surface area (Å²) in [6.45, 7) is 4.54. The number of nitrogens with one attached hydrogen (secondary N) is 1. The number of alkyl halides is 1. The van der Waals surface area contributed by atoms with Gasteiger partial charge in [-0.2, -0.15) is 0 Å². The highest BCUT2D eigenvalue weighted by atomic mass is 35.5. The quantitative estimate of drug-likeness (QED) is 0.785. The lowest BCUT2D eigenvalue weighted by molar-refractivity contribution is 0.0949. The van der Waals surface area contributed by atoms with E-state index in [1.807, 2.05) is 0 Å². The van der Waals surface area contributed by atoms with Gasteiger partial charge in [-0.3, -0.25) is 4.79 Å². The van der Waals surface area contributed by atoms with Gasteiger partial charge in [-0.25, -0.2) is 0 Å². The van der Waals surface area contributed by atoms with Crippen molar-refractivity contribution < 1.29 is 9.90 Å². The lowest BCUT2D eigenvalue weighted by atomic mass is 9.99. The number of carbonyl (C=O) groups is 1. The number of phenolic OH excluding ortho intramolecular Hbond substituents is 1. The first-order valence-corrected chi connectivity index (χ1v) is 7.21. The number of carbonyl (C=O) groups excluding carboxylic acids is 1. The topological polar surface area (TPSA) is 49.3 Å². The minimum Gasteiger partial charge on any atom is -0.507 e. The van der Waals surface area contributed by atoms with Crippen molar-refractivity contribution in [2.24, 2.45) is 5.92 Å². The highest BCUT2D eigenvalue weighted by Crippen LogP contribution is 2.22. The smallest absolute Gasteiger partial charge is 0.255 e. The zero-order chi connectivity index (χ0) is 14.4. The molecule has 1 aromatic carbocycles. The number of rotatable bonds is 6. The first-order valence-electron chi connectivity index (χ1n) is 6.40. The normalized spacial score (nSPS) is 12.5. The summed E-state index contributed by atoms with van der Waals surface area (Å²) >= 11 is 12.0. The molecule has 0 saturated heterocycles. The first-order chi connectivity index (χ1) is 8.99. The van der Waals surface area contributed by atoms with Crippen LogP contribution in [0.15, 0.2) is 18.2 Å². The molecule has 0 heterocycles. The second-order valence-corrected chi connectivity index (χ2v) is 5.46. The summed E-state index contributed by atoms with van der Waals surface area (Å²) in [6.07, 6.45) is 1.96. The van der Waals surface area contributed by atoms with Crippen molar-refractivity contribution in [1.82, 2.24) is 5.32 Å². The van der Waals surface area contributed by atoms with Crippen LogP contribution in [-0.4, -0.2) is 22.9 Å². The summed E-state index contributed by atoms with van der Waals surface area (Å²) in [5, 5.41) is 12.7. The first kappa shape index (κ1) is 16.1. The van der Waals surface area contributed by atoms with Crippen molar-refractivity contribution in [3.63, 3.8) is 0 Å². The predicted octanol–water partition coefficient (Wildman–Crippen LogP) is 3.82. The molecule has 0 bridgehead atoms. The molecule has 1 aromatic rings. The maximum atomic E-state index is 11.9. The van der Waals surface area contributed by atoms with Crippen LogP contribution in [0.2, 0.25) is 5.02 Å². The molecule has 1 rings (SSSR count). The molecule has 2 N–H and O–H groups in total. The Hall–Kier alpha value is -0.930. The molecule has 0 aromatic heterocycles. The third-order valence-electron chi connectivity index (χ3n) is 3.22. The Morgan fingerprint density at radius 3 is 2.53 bits per heavy atom. The molecular weight excluding hydrogens is 285 g/mol. The molecule has 106 valence electrons. The minimum absolute atomic E-state index is 0.103. The van der Waals surface area contributed by atoms with E-state index >= 15 is 0 Å². The second kappa shape index (κ2) is 7.61. The fourth-order valence-corrected chi connectivity index (χ4v) is 2.55. The van der Waals surface area contributed by atoms with Crippen LogP contribution in [-0.2, 0) is 0 Å². The summed E-state index contributed by atoms with van der Waals surface area (Å²) in [5.41, 5.74) is 0.206. The molecule has 5 heteroatoms. The lowest BCUT2D eigenvalue weighted by Crippen LogP contribution is -2.33. The molecule has 19 heavy (non-hydrogen) atoms. The van der Waals surface area contributed by atoms with E-state index in [1.165, 1.54) is 12.1 Å². The van der Waals surface area contributed by atoms with Crippen LogP contribution in [0.5, 0.6) is 5.75 Å². The summed E-state index contributed by atoms with van der Waals surface area (Å²) < 4.78 is 0. The van der Waals surface area contributed by atoms with Gasteiger partial charge in [0.2, 0.25) is 0 Å². The van der Waals surface area contributed by atoms with Crippen LogP contribution < -0.4 is 5.32 Å². The molecule has 0 aliphatic rings. The Bertz CT molecular complexity index is 433. The van der Waals surface area contributed by atoms with E-state index < -0.39 is 0 Å². The van der Waals surface area contributed by atoms with Crippen molar-refractivity contribution in [2.75, 3.05) is 6.54 Å². The number of amides is 1. The van der Waals surface area contributed by atoms with Gasteiger partial charge in [-0.05, 0) is 24.1 Å². The predicted molar refractivity (Wildman–Crippen MR) is 79.2 cm³/mol. The Labute approximate surface area is 123 Å². The molecule has 0 radical (unpaired) electrons. The van der Waals surface area contributed by atoms with Gasteiger partial charge < -0.3 is 10.4 Å². The van der Waals surface area contributed by atoms with E-state index in [2.05, 4.69) is 19.2 Å². The van der Waals surface area contributed by atoms with E-state index in [0.717, 1.165) is 12.8 Å². The van der Waals surface area contributed by atoms with Crippen molar-refractivity contribution in [3.05, 3.63) is 28.8 Å². The largest absolute Gasteiger partial charge is 0.507 e. The SMILES string of the molecule is CCC(CC)C(Cl)CNC(=O)c1ccc(Cl)cc1O. The van der Waals surface area contributed by atoms with Gasteiger partial charge in [0.15, 0.2) is 0 Å². The van der Waals surface area contributed by atoms with Gasteiger partial charge >= 0.3 is 0 Å². The molecule has 1 unspecified atom stereocenters. The third-order valence-corrected chi connectivity index (χ3v) is 3.97. The number of benzene rings is 1. The zero-order valence-corrected chi connectivity index (χ0v) is 12.6. The van der Waals surface area contributed by atoms with E-state index in [4.69, 9.17) is 23.2 Å².